The van der Waals surface area contributed by atoms with Gasteiger partial charge in [-0.2, -0.15) is 0 Å². The first-order valence-corrected chi connectivity index (χ1v) is 8.46. The number of para-hydroxylation sites is 1. The summed E-state index contributed by atoms with van der Waals surface area (Å²) >= 11 is 3.44. The second-order valence-corrected chi connectivity index (χ2v) is 7.17. The molecule has 0 atom stereocenters. The second kappa shape index (κ2) is 7.18. The zero-order chi connectivity index (χ0) is 17.9. The Hall–Kier alpha value is -2.14. The van der Waals surface area contributed by atoms with E-state index >= 15 is 0 Å². The third-order valence-electron chi connectivity index (χ3n) is 3.96. The molecule has 2 amide bonds. The highest BCUT2D eigenvalue weighted by molar-refractivity contribution is 9.10. The minimum Gasteiger partial charge on any atom is -0.325 e. The average molecular weight is 389 g/mol. The van der Waals surface area contributed by atoms with Gasteiger partial charge in [-0.05, 0) is 57.0 Å². The standard InChI is InChI=1S/C19H21BrN2O2/c1-12-9-10-14(11-15(12)20)21-17(23)19(3,4)18(24)22-16-8-6-5-7-13(16)2/h5-11H,1-4H3,(H,21,23)(H,22,24). The van der Waals surface area contributed by atoms with E-state index in [1.54, 1.807) is 13.8 Å². The Labute approximate surface area is 150 Å². The Balaban J connectivity index is 2.13. The van der Waals surface area contributed by atoms with Crippen molar-refractivity contribution in [3.05, 3.63) is 58.1 Å². The van der Waals surface area contributed by atoms with Gasteiger partial charge in [-0.15, -0.1) is 0 Å². The molecule has 0 saturated carbocycles. The van der Waals surface area contributed by atoms with Crippen LogP contribution in [-0.2, 0) is 9.59 Å². The lowest BCUT2D eigenvalue weighted by molar-refractivity contribution is -0.135. The van der Waals surface area contributed by atoms with E-state index in [1.807, 2.05) is 56.3 Å². The van der Waals surface area contributed by atoms with Crippen molar-refractivity contribution in [1.82, 2.24) is 0 Å². The van der Waals surface area contributed by atoms with Crippen LogP contribution in [0.3, 0.4) is 0 Å². The Morgan fingerprint density at radius 1 is 0.917 bits per heavy atom. The van der Waals surface area contributed by atoms with Crippen LogP contribution in [0.1, 0.15) is 25.0 Å². The van der Waals surface area contributed by atoms with Crippen LogP contribution < -0.4 is 10.6 Å². The summed E-state index contributed by atoms with van der Waals surface area (Å²) < 4.78 is 0.905. The molecular formula is C19H21BrN2O2. The quantitative estimate of drug-likeness (QED) is 0.747. The number of amides is 2. The third-order valence-corrected chi connectivity index (χ3v) is 4.81. The number of carbonyl (C=O) groups excluding carboxylic acids is 2. The van der Waals surface area contributed by atoms with Crippen molar-refractivity contribution in [3.63, 3.8) is 0 Å². The molecule has 0 radical (unpaired) electrons. The molecule has 2 N–H and O–H groups in total. The Kier molecular flexibility index (Phi) is 5.44. The molecule has 0 aromatic heterocycles. The van der Waals surface area contributed by atoms with Crippen molar-refractivity contribution in [1.29, 1.82) is 0 Å². The summed E-state index contributed by atoms with van der Waals surface area (Å²) in [4.78, 5) is 25.1. The van der Waals surface area contributed by atoms with E-state index < -0.39 is 5.41 Å². The van der Waals surface area contributed by atoms with E-state index in [9.17, 15) is 9.59 Å². The van der Waals surface area contributed by atoms with Gasteiger partial charge in [-0.25, -0.2) is 0 Å². The molecule has 0 bridgehead atoms. The molecule has 2 aromatic carbocycles. The van der Waals surface area contributed by atoms with Gasteiger partial charge in [0.1, 0.15) is 5.41 Å². The van der Waals surface area contributed by atoms with Gasteiger partial charge in [0.25, 0.3) is 0 Å². The largest absolute Gasteiger partial charge is 0.325 e. The van der Waals surface area contributed by atoms with Gasteiger partial charge < -0.3 is 10.6 Å². The maximum Gasteiger partial charge on any atom is 0.239 e. The fraction of sp³-hybridized carbons (Fsp3) is 0.263. The van der Waals surface area contributed by atoms with E-state index in [-0.39, 0.29) is 11.8 Å². The predicted octanol–water partition coefficient (Wildman–Crippen LogP) is 4.67. The Bertz CT molecular complexity index is 785. The first-order valence-electron chi connectivity index (χ1n) is 7.66. The molecule has 4 nitrogen and oxygen atoms in total. The lowest BCUT2D eigenvalue weighted by Crippen LogP contribution is -2.41. The van der Waals surface area contributed by atoms with E-state index in [2.05, 4.69) is 26.6 Å². The summed E-state index contributed by atoms with van der Waals surface area (Å²) in [6, 6.07) is 13.0. The Morgan fingerprint density at radius 3 is 2.17 bits per heavy atom. The summed E-state index contributed by atoms with van der Waals surface area (Å²) in [5.74, 6) is -0.704. The zero-order valence-corrected chi connectivity index (χ0v) is 15.8. The summed E-state index contributed by atoms with van der Waals surface area (Å²) in [5.41, 5.74) is 2.17. The van der Waals surface area contributed by atoms with Gasteiger partial charge in [0.2, 0.25) is 11.8 Å². The van der Waals surface area contributed by atoms with Gasteiger partial charge in [0.15, 0.2) is 0 Å². The molecule has 0 aliphatic rings. The lowest BCUT2D eigenvalue weighted by Gasteiger charge is -2.23. The SMILES string of the molecule is Cc1ccc(NC(=O)C(C)(C)C(=O)Nc2ccccc2C)cc1Br. The van der Waals surface area contributed by atoms with Crippen molar-refractivity contribution >= 4 is 39.1 Å². The van der Waals surface area contributed by atoms with Gasteiger partial charge >= 0.3 is 0 Å². The summed E-state index contributed by atoms with van der Waals surface area (Å²) in [7, 11) is 0. The molecule has 0 spiro atoms. The smallest absolute Gasteiger partial charge is 0.239 e. The topological polar surface area (TPSA) is 58.2 Å². The number of hydrogen-bond acceptors (Lipinski definition) is 2. The van der Waals surface area contributed by atoms with Crippen molar-refractivity contribution in [3.8, 4) is 0 Å². The number of benzene rings is 2. The van der Waals surface area contributed by atoms with Crippen LogP contribution in [0, 0.1) is 19.3 Å². The summed E-state index contributed by atoms with van der Waals surface area (Å²) in [6.07, 6.45) is 0. The lowest BCUT2D eigenvalue weighted by atomic mass is 9.90. The highest BCUT2D eigenvalue weighted by Gasteiger charge is 2.36. The average Bonchev–Trinajstić information content (AvgIpc) is 2.53. The fourth-order valence-electron chi connectivity index (χ4n) is 2.05. The van der Waals surface area contributed by atoms with Gasteiger partial charge in [0, 0.05) is 15.8 Å². The number of nitrogens with one attached hydrogen (secondary N) is 2. The highest BCUT2D eigenvalue weighted by Crippen LogP contribution is 2.25. The van der Waals surface area contributed by atoms with Crippen molar-refractivity contribution in [2.45, 2.75) is 27.7 Å². The minimum atomic E-state index is -1.21. The predicted molar refractivity (Wildman–Crippen MR) is 101 cm³/mol. The van der Waals surface area contributed by atoms with Gasteiger partial charge in [-0.3, -0.25) is 9.59 Å². The molecule has 24 heavy (non-hydrogen) atoms. The number of hydrogen-bond donors (Lipinski definition) is 2. The van der Waals surface area contributed by atoms with E-state index in [1.165, 1.54) is 0 Å². The van der Waals surface area contributed by atoms with Crippen LogP contribution in [0.2, 0.25) is 0 Å². The molecule has 0 aliphatic carbocycles. The first kappa shape index (κ1) is 18.2. The van der Waals surface area contributed by atoms with Crippen LogP contribution in [-0.4, -0.2) is 11.8 Å². The zero-order valence-electron chi connectivity index (χ0n) is 14.2. The molecule has 0 saturated heterocycles. The van der Waals surface area contributed by atoms with Crippen LogP contribution >= 0.6 is 15.9 Å². The van der Waals surface area contributed by atoms with Gasteiger partial charge in [0.05, 0.1) is 0 Å². The molecule has 0 unspecified atom stereocenters. The molecule has 2 rings (SSSR count). The molecule has 0 heterocycles. The minimum absolute atomic E-state index is 0.347. The number of carbonyl (C=O) groups is 2. The molecule has 5 heteroatoms. The van der Waals surface area contributed by atoms with E-state index in [0.717, 1.165) is 15.6 Å². The number of rotatable bonds is 4. The number of anilines is 2. The second-order valence-electron chi connectivity index (χ2n) is 6.31. The molecular weight excluding hydrogens is 368 g/mol. The van der Waals surface area contributed by atoms with Crippen molar-refractivity contribution in [2.24, 2.45) is 5.41 Å². The summed E-state index contributed by atoms with van der Waals surface area (Å²) in [5, 5.41) is 5.63. The van der Waals surface area contributed by atoms with Crippen LogP contribution in [0.5, 0.6) is 0 Å². The van der Waals surface area contributed by atoms with Gasteiger partial charge in [-0.1, -0.05) is 40.2 Å². The van der Waals surface area contributed by atoms with E-state index in [0.29, 0.717) is 11.4 Å². The fourth-order valence-corrected chi connectivity index (χ4v) is 2.43. The molecule has 0 aliphatic heterocycles. The molecule has 0 fully saturated rings. The van der Waals surface area contributed by atoms with Crippen LogP contribution in [0.4, 0.5) is 11.4 Å². The normalized spacial score (nSPS) is 11.0. The molecule has 2 aromatic rings. The summed E-state index contributed by atoms with van der Waals surface area (Å²) in [6.45, 7) is 7.10. The Morgan fingerprint density at radius 2 is 1.54 bits per heavy atom. The van der Waals surface area contributed by atoms with E-state index in [4.69, 9.17) is 0 Å². The number of aryl methyl sites for hydroxylation is 2. The first-order chi connectivity index (χ1) is 11.2. The maximum atomic E-state index is 12.6. The van der Waals surface area contributed by atoms with Crippen molar-refractivity contribution < 1.29 is 9.59 Å². The van der Waals surface area contributed by atoms with Crippen LogP contribution in [0.15, 0.2) is 46.9 Å². The van der Waals surface area contributed by atoms with Crippen molar-refractivity contribution in [2.75, 3.05) is 10.6 Å². The third kappa shape index (κ3) is 4.03. The maximum absolute atomic E-state index is 12.6. The molecule has 126 valence electrons. The number of halogens is 1. The highest BCUT2D eigenvalue weighted by atomic mass is 79.9. The monoisotopic (exact) mass is 388 g/mol. The van der Waals surface area contributed by atoms with Crippen LogP contribution in [0.25, 0.3) is 0 Å².